The van der Waals surface area contributed by atoms with Crippen LogP contribution in [0, 0.1) is 39.9 Å². The van der Waals surface area contributed by atoms with Crippen molar-refractivity contribution < 1.29 is 23.9 Å². The topological polar surface area (TPSA) is 69.7 Å². The number of fused-ring (bicyclic) bond motifs is 2. The molecule has 0 aromatic carbocycles. The van der Waals surface area contributed by atoms with Gasteiger partial charge in [0.05, 0.1) is 17.6 Å². The molecule has 1 saturated heterocycles. The van der Waals surface area contributed by atoms with Gasteiger partial charge in [0.15, 0.2) is 5.79 Å². The van der Waals surface area contributed by atoms with Gasteiger partial charge in [0, 0.05) is 36.0 Å². The first-order valence-corrected chi connectivity index (χ1v) is 10.8. The summed E-state index contributed by atoms with van der Waals surface area (Å²) in [6, 6.07) is 0. The quantitative estimate of drug-likeness (QED) is 0.637. The lowest BCUT2D eigenvalue weighted by Gasteiger charge is -2.67. The molecule has 0 aromatic rings. The van der Waals surface area contributed by atoms with Crippen molar-refractivity contribution in [3.63, 3.8) is 0 Å². The molecule has 5 rings (SSSR count). The Morgan fingerprint density at radius 1 is 1.00 bits per heavy atom. The first kappa shape index (κ1) is 18.9. The summed E-state index contributed by atoms with van der Waals surface area (Å²) >= 11 is 0. The van der Waals surface area contributed by atoms with Crippen molar-refractivity contribution in [2.75, 3.05) is 0 Å². The Hall–Kier alpha value is -1.07. The molecule has 4 aliphatic carbocycles. The molecule has 154 valence electrons. The van der Waals surface area contributed by atoms with E-state index in [1.807, 2.05) is 27.7 Å². The number of hydrogen-bond acceptors (Lipinski definition) is 5. The van der Waals surface area contributed by atoms with Gasteiger partial charge in [-0.15, -0.1) is 0 Å². The molecule has 0 amide bonds. The monoisotopic (exact) mass is 388 g/mol. The van der Waals surface area contributed by atoms with Gasteiger partial charge in [-0.1, -0.05) is 27.7 Å². The molecule has 8 atom stereocenters. The molecule has 5 nitrogen and oxygen atoms in total. The van der Waals surface area contributed by atoms with E-state index in [1.54, 1.807) is 0 Å². The van der Waals surface area contributed by atoms with Crippen LogP contribution >= 0.6 is 0 Å². The highest BCUT2D eigenvalue weighted by atomic mass is 16.7. The fourth-order valence-corrected chi connectivity index (χ4v) is 8.14. The van der Waals surface area contributed by atoms with E-state index in [0.29, 0.717) is 19.3 Å². The Balaban J connectivity index is 1.78. The fraction of sp³-hybridized carbons (Fsp3) is 0.870. The van der Waals surface area contributed by atoms with Gasteiger partial charge in [-0.25, -0.2) is 0 Å². The molecule has 0 N–H and O–H groups in total. The van der Waals surface area contributed by atoms with Gasteiger partial charge in [0.1, 0.15) is 17.3 Å². The van der Waals surface area contributed by atoms with E-state index in [1.165, 1.54) is 0 Å². The Kier molecular flexibility index (Phi) is 3.48. The standard InChI is InChI=1S/C23H32O5/c1-11-12-9-13(24)17-22(6)14(20(2,3)8-7-15(22)25)10-16-23(17,18(11)26)19(12)28-21(4,5)27-16/h11-12,14,16-17,19H,7-10H2,1-6H3/t11-,12+,14-,16+,17-,19+,22-,23+/m0/s1. The molecule has 0 radical (unpaired) electrons. The van der Waals surface area contributed by atoms with Gasteiger partial charge in [-0.05, 0) is 38.0 Å². The largest absolute Gasteiger partial charge is 0.346 e. The van der Waals surface area contributed by atoms with Crippen LogP contribution in [0.1, 0.15) is 67.2 Å². The normalized spacial score (nSPS) is 53.6. The maximum atomic E-state index is 13.8. The van der Waals surface area contributed by atoms with Crippen molar-refractivity contribution in [1.82, 2.24) is 0 Å². The van der Waals surface area contributed by atoms with Gasteiger partial charge in [0.2, 0.25) is 0 Å². The maximum Gasteiger partial charge on any atom is 0.163 e. The predicted octanol–water partition coefficient (Wildman–Crippen LogP) is 3.33. The van der Waals surface area contributed by atoms with E-state index in [4.69, 9.17) is 9.47 Å². The van der Waals surface area contributed by atoms with Crippen LogP contribution in [0.3, 0.4) is 0 Å². The Bertz CT molecular complexity index is 797. The van der Waals surface area contributed by atoms with Gasteiger partial charge >= 0.3 is 0 Å². The molecule has 0 aromatic heterocycles. The molecule has 4 saturated carbocycles. The molecule has 1 spiro atoms. The third-order valence-electron chi connectivity index (χ3n) is 9.26. The number of carbonyl (C=O) groups excluding carboxylic acids is 3. The number of ether oxygens (including phenoxy) is 2. The van der Waals surface area contributed by atoms with Crippen LogP contribution in [-0.2, 0) is 23.9 Å². The van der Waals surface area contributed by atoms with Crippen LogP contribution in [0.25, 0.3) is 0 Å². The van der Waals surface area contributed by atoms with Gasteiger partial charge < -0.3 is 9.47 Å². The summed E-state index contributed by atoms with van der Waals surface area (Å²) in [4.78, 5) is 40.7. The lowest BCUT2D eigenvalue weighted by molar-refractivity contribution is -0.370. The van der Waals surface area contributed by atoms with Crippen molar-refractivity contribution >= 4 is 17.3 Å². The van der Waals surface area contributed by atoms with Crippen LogP contribution in [0.5, 0.6) is 0 Å². The van der Waals surface area contributed by atoms with E-state index in [0.717, 1.165) is 6.42 Å². The van der Waals surface area contributed by atoms with Crippen molar-refractivity contribution in [3.8, 4) is 0 Å². The summed E-state index contributed by atoms with van der Waals surface area (Å²) in [6.45, 7) is 12.1. The lowest BCUT2D eigenvalue weighted by Crippen LogP contribution is -2.75. The van der Waals surface area contributed by atoms with E-state index in [-0.39, 0.29) is 52.7 Å². The number of ketones is 3. The smallest absolute Gasteiger partial charge is 0.163 e. The summed E-state index contributed by atoms with van der Waals surface area (Å²) in [5.74, 6) is -1.39. The highest BCUT2D eigenvalue weighted by Gasteiger charge is 2.81. The minimum atomic E-state index is -0.997. The van der Waals surface area contributed by atoms with Crippen LogP contribution in [-0.4, -0.2) is 35.3 Å². The Labute approximate surface area is 166 Å². The van der Waals surface area contributed by atoms with Crippen molar-refractivity contribution in [2.45, 2.75) is 85.2 Å². The van der Waals surface area contributed by atoms with Crippen molar-refractivity contribution in [3.05, 3.63) is 0 Å². The Morgan fingerprint density at radius 3 is 2.36 bits per heavy atom. The first-order valence-electron chi connectivity index (χ1n) is 10.8. The van der Waals surface area contributed by atoms with Crippen LogP contribution in [0.2, 0.25) is 0 Å². The molecule has 5 fully saturated rings. The van der Waals surface area contributed by atoms with Gasteiger partial charge in [-0.3, -0.25) is 14.4 Å². The van der Waals surface area contributed by atoms with E-state index in [2.05, 4.69) is 13.8 Å². The second-order valence-electron chi connectivity index (χ2n) is 11.4. The van der Waals surface area contributed by atoms with Gasteiger partial charge in [0.25, 0.3) is 0 Å². The summed E-state index contributed by atoms with van der Waals surface area (Å²) < 4.78 is 12.8. The van der Waals surface area contributed by atoms with Gasteiger partial charge in [-0.2, -0.15) is 0 Å². The average molecular weight is 389 g/mol. The van der Waals surface area contributed by atoms with E-state index >= 15 is 0 Å². The number of hydrogen-bond donors (Lipinski definition) is 0. The summed E-state index contributed by atoms with van der Waals surface area (Å²) in [7, 11) is 0. The first-order chi connectivity index (χ1) is 12.9. The van der Waals surface area contributed by atoms with Crippen molar-refractivity contribution in [1.29, 1.82) is 0 Å². The molecule has 28 heavy (non-hydrogen) atoms. The molecule has 2 bridgehead atoms. The zero-order chi connectivity index (χ0) is 20.4. The summed E-state index contributed by atoms with van der Waals surface area (Å²) in [6.07, 6.45) is 1.59. The molecule has 1 aliphatic heterocycles. The SMILES string of the molecule is C[C@@H]1C(=O)[C@@]23[C@@H]4OC(C)(C)O[C@@H]2C[C@H]2C(C)(C)CCC(=O)[C@@]2(C)[C@@H]3C(=O)C[C@H]14. The highest BCUT2D eigenvalue weighted by molar-refractivity contribution is 6.04. The molecule has 5 heteroatoms. The number of Topliss-reactive ketones (excluding diaryl/α,β-unsaturated/α-hetero) is 3. The summed E-state index contributed by atoms with van der Waals surface area (Å²) in [5, 5.41) is 0. The molecular weight excluding hydrogens is 356 g/mol. The van der Waals surface area contributed by atoms with E-state index < -0.39 is 22.5 Å². The van der Waals surface area contributed by atoms with Crippen LogP contribution < -0.4 is 0 Å². The molecular formula is C23H32O5. The highest BCUT2D eigenvalue weighted by Crippen LogP contribution is 2.72. The minimum Gasteiger partial charge on any atom is -0.346 e. The predicted molar refractivity (Wildman–Crippen MR) is 101 cm³/mol. The summed E-state index contributed by atoms with van der Waals surface area (Å²) in [5.41, 5.74) is -1.88. The zero-order valence-electron chi connectivity index (χ0n) is 17.8. The lowest BCUT2D eigenvalue weighted by atomic mass is 9.39. The fourth-order valence-electron chi connectivity index (χ4n) is 8.14. The third-order valence-corrected chi connectivity index (χ3v) is 9.26. The second-order valence-corrected chi connectivity index (χ2v) is 11.4. The van der Waals surface area contributed by atoms with Crippen LogP contribution in [0.4, 0.5) is 0 Å². The third kappa shape index (κ3) is 1.89. The molecule has 5 aliphatic rings. The average Bonchev–Trinajstić information content (AvgIpc) is 2.72. The van der Waals surface area contributed by atoms with Crippen molar-refractivity contribution in [2.24, 2.45) is 39.9 Å². The van der Waals surface area contributed by atoms with E-state index in [9.17, 15) is 14.4 Å². The zero-order valence-corrected chi connectivity index (χ0v) is 17.8. The molecule has 1 heterocycles. The number of carbonyl (C=O) groups is 3. The molecule has 0 unspecified atom stereocenters. The van der Waals surface area contributed by atoms with Crippen LogP contribution in [0.15, 0.2) is 0 Å². The number of rotatable bonds is 0. The second kappa shape index (κ2) is 5.15. The Morgan fingerprint density at radius 2 is 1.68 bits per heavy atom. The maximum absolute atomic E-state index is 13.8. The minimum absolute atomic E-state index is 0.0284.